The van der Waals surface area contributed by atoms with Crippen molar-refractivity contribution in [2.24, 2.45) is 0 Å². The Kier molecular flexibility index (Phi) is 2.71. The normalized spacial score (nSPS) is 10.7. The van der Waals surface area contributed by atoms with Crippen LogP contribution in [0.5, 0.6) is 5.75 Å². The maximum Gasteiger partial charge on any atom is 0.128 e. The van der Waals surface area contributed by atoms with E-state index in [9.17, 15) is 0 Å². The summed E-state index contributed by atoms with van der Waals surface area (Å²) >= 11 is 8.42. The quantitative estimate of drug-likeness (QED) is 0.621. The zero-order valence-electron chi connectivity index (χ0n) is 6.87. The molecule has 68 valence electrons. The number of rotatable bonds is 1. The molecule has 0 amide bonds. The van der Waals surface area contributed by atoms with Crippen LogP contribution in [-0.4, -0.2) is 7.11 Å². The minimum atomic E-state index is 0.904. The highest BCUT2D eigenvalue weighted by Crippen LogP contribution is 2.37. The molecule has 0 N–H and O–H groups in total. The number of fused-ring (bicyclic) bond motifs is 1. The average molecular weight is 322 g/mol. The van der Waals surface area contributed by atoms with E-state index in [1.807, 2.05) is 6.07 Å². The molecule has 0 bridgehead atoms. The summed E-state index contributed by atoms with van der Waals surface area (Å²) in [5.41, 5.74) is 0. The lowest BCUT2D eigenvalue weighted by atomic mass is 10.2. The third-order valence-electron chi connectivity index (χ3n) is 1.84. The van der Waals surface area contributed by atoms with Crippen molar-refractivity contribution in [3.05, 3.63) is 21.1 Å². The summed E-state index contributed by atoms with van der Waals surface area (Å²) in [4.78, 5) is 0.979. The van der Waals surface area contributed by atoms with Gasteiger partial charge >= 0.3 is 0 Å². The number of thiol groups is 1. The van der Waals surface area contributed by atoms with Gasteiger partial charge in [-0.2, -0.15) is 0 Å². The lowest BCUT2D eigenvalue weighted by Crippen LogP contribution is -1.85. The number of methoxy groups -OCH3 is 1. The molecule has 1 heterocycles. The fourth-order valence-electron chi connectivity index (χ4n) is 1.22. The second kappa shape index (κ2) is 3.67. The smallest absolute Gasteiger partial charge is 0.128 e. The molecule has 0 radical (unpaired) electrons. The van der Waals surface area contributed by atoms with E-state index in [0.717, 1.165) is 10.6 Å². The highest BCUT2D eigenvalue weighted by atomic mass is 127. The fraction of sp³-hybridized carbons (Fsp3) is 0.111. The zero-order chi connectivity index (χ0) is 9.42. The Morgan fingerprint density at radius 2 is 2.31 bits per heavy atom. The zero-order valence-corrected chi connectivity index (χ0v) is 10.7. The van der Waals surface area contributed by atoms with Crippen LogP contribution >= 0.6 is 46.6 Å². The summed E-state index contributed by atoms with van der Waals surface area (Å²) < 4.78 is 7.73. The highest BCUT2D eigenvalue weighted by Gasteiger charge is 2.09. The van der Waals surface area contributed by atoms with Gasteiger partial charge in [0.1, 0.15) is 5.75 Å². The molecule has 0 aliphatic carbocycles. The molecule has 0 fully saturated rings. The number of halogens is 1. The van der Waals surface area contributed by atoms with Gasteiger partial charge in [-0.15, -0.1) is 24.0 Å². The van der Waals surface area contributed by atoms with Crippen molar-refractivity contribution >= 4 is 56.6 Å². The third-order valence-corrected chi connectivity index (χ3v) is 5.04. The van der Waals surface area contributed by atoms with Crippen LogP contribution in [0.1, 0.15) is 0 Å². The molecule has 0 atom stereocenters. The van der Waals surface area contributed by atoms with Crippen LogP contribution in [0.3, 0.4) is 0 Å². The maximum atomic E-state index is 5.28. The Labute approximate surface area is 99.6 Å². The van der Waals surface area contributed by atoms with Crippen molar-refractivity contribution in [1.29, 1.82) is 0 Å². The summed E-state index contributed by atoms with van der Waals surface area (Å²) in [6.45, 7) is 0. The van der Waals surface area contributed by atoms with E-state index in [1.54, 1.807) is 18.4 Å². The predicted octanol–water partition coefficient (Wildman–Crippen LogP) is 3.80. The van der Waals surface area contributed by atoms with E-state index in [1.165, 1.54) is 13.7 Å². The third kappa shape index (κ3) is 1.55. The lowest BCUT2D eigenvalue weighted by Gasteiger charge is -2.05. The number of hydrogen-bond acceptors (Lipinski definition) is 3. The van der Waals surface area contributed by atoms with Gasteiger partial charge in [0.15, 0.2) is 0 Å². The first-order valence-corrected chi connectivity index (χ1v) is 6.07. The van der Waals surface area contributed by atoms with Crippen molar-refractivity contribution < 1.29 is 4.74 Å². The Morgan fingerprint density at radius 3 is 3.00 bits per heavy atom. The van der Waals surface area contributed by atoms with Gasteiger partial charge in [-0.05, 0) is 40.1 Å². The minimum Gasteiger partial charge on any atom is -0.496 e. The highest BCUT2D eigenvalue weighted by molar-refractivity contribution is 14.1. The van der Waals surface area contributed by atoms with Crippen LogP contribution in [0, 0.1) is 3.57 Å². The minimum absolute atomic E-state index is 0.904. The molecule has 2 aromatic rings. The summed E-state index contributed by atoms with van der Waals surface area (Å²) in [6.07, 6.45) is 0. The first-order valence-electron chi connectivity index (χ1n) is 3.66. The van der Waals surface area contributed by atoms with Gasteiger partial charge < -0.3 is 4.74 Å². The predicted molar refractivity (Wildman–Crippen MR) is 68.3 cm³/mol. The molecule has 1 aromatic carbocycles. The number of hydrogen-bond donors (Lipinski definition) is 1. The van der Waals surface area contributed by atoms with Crippen LogP contribution in [0.4, 0.5) is 0 Å². The number of ether oxygens (including phenoxy) is 1. The molecule has 1 nitrogen and oxygen atoms in total. The molecule has 0 saturated carbocycles. The van der Waals surface area contributed by atoms with Crippen molar-refractivity contribution in [1.82, 2.24) is 0 Å². The van der Waals surface area contributed by atoms with E-state index in [0.29, 0.717) is 0 Å². The molecule has 2 rings (SSSR count). The molecule has 0 aliphatic heterocycles. The molecule has 0 aliphatic rings. The summed E-state index contributed by atoms with van der Waals surface area (Å²) in [5.74, 6) is 0.904. The van der Waals surface area contributed by atoms with E-state index >= 15 is 0 Å². The van der Waals surface area contributed by atoms with Crippen LogP contribution in [0.2, 0.25) is 0 Å². The van der Waals surface area contributed by atoms with E-state index in [4.69, 9.17) is 4.74 Å². The maximum absolute atomic E-state index is 5.28. The van der Waals surface area contributed by atoms with Crippen molar-refractivity contribution in [2.45, 2.75) is 4.90 Å². The summed E-state index contributed by atoms with van der Waals surface area (Å²) in [5, 5.41) is 3.25. The fourth-order valence-corrected chi connectivity index (χ4v) is 3.21. The Morgan fingerprint density at radius 1 is 1.54 bits per heavy atom. The van der Waals surface area contributed by atoms with Gasteiger partial charge in [-0.1, -0.05) is 0 Å². The topological polar surface area (TPSA) is 9.23 Å². The number of benzene rings is 1. The van der Waals surface area contributed by atoms with E-state index in [-0.39, 0.29) is 0 Å². The second-order valence-corrected chi connectivity index (χ2v) is 5.05. The van der Waals surface area contributed by atoms with Crippen molar-refractivity contribution in [3.63, 3.8) is 0 Å². The van der Waals surface area contributed by atoms with Gasteiger partial charge in [0, 0.05) is 13.9 Å². The molecule has 1 aromatic heterocycles. The lowest BCUT2D eigenvalue weighted by molar-refractivity contribution is 0.419. The number of thiophene rings is 1. The van der Waals surface area contributed by atoms with Crippen LogP contribution in [-0.2, 0) is 0 Å². The van der Waals surface area contributed by atoms with Gasteiger partial charge in [-0.25, -0.2) is 0 Å². The van der Waals surface area contributed by atoms with Crippen molar-refractivity contribution in [2.75, 3.05) is 7.11 Å². The Hall–Kier alpha value is 0.0600. The van der Waals surface area contributed by atoms with Gasteiger partial charge in [-0.3, -0.25) is 0 Å². The van der Waals surface area contributed by atoms with Crippen LogP contribution in [0.25, 0.3) is 10.1 Å². The monoisotopic (exact) mass is 322 g/mol. The largest absolute Gasteiger partial charge is 0.496 e. The molecule has 13 heavy (non-hydrogen) atoms. The summed E-state index contributed by atoms with van der Waals surface area (Å²) in [6, 6.07) is 4.04. The Bertz CT molecular complexity index is 450. The van der Waals surface area contributed by atoms with Crippen LogP contribution < -0.4 is 4.74 Å². The first kappa shape index (κ1) is 9.61. The Balaban J connectivity index is 2.87. The molecular weight excluding hydrogens is 315 g/mol. The SMILES string of the molecule is COc1cc(S)c(I)c2sccc12. The summed E-state index contributed by atoms with van der Waals surface area (Å²) in [7, 11) is 1.69. The van der Waals surface area contributed by atoms with Crippen molar-refractivity contribution in [3.8, 4) is 5.75 Å². The van der Waals surface area contributed by atoms with E-state index < -0.39 is 0 Å². The molecule has 0 saturated heterocycles. The average Bonchev–Trinajstić information content (AvgIpc) is 2.60. The first-order chi connectivity index (χ1) is 6.24. The van der Waals surface area contributed by atoms with Gasteiger partial charge in [0.05, 0.1) is 11.8 Å². The molecule has 0 spiro atoms. The van der Waals surface area contributed by atoms with Gasteiger partial charge in [0.2, 0.25) is 0 Å². The molecular formula is C9H7IOS2. The van der Waals surface area contributed by atoms with Crippen LogP contribution in [0.15, 0.2) is 22.4 Å². The standard InChI is InChI=1S/C9H7IOS2/c1-11-6-4-7(12)8(10)9-5(6)2-3-13-9/h2-4,12H,1H3. The van der Waals surface area contributed by atoms with Gasteiger partial charge in [0.25, 0.3) is 0 Å². The van der Waals surface area contributed by atoms with E-state index in [2.05, 4.69) is 46.7 Å². The second-order valence-electron chi connectivity index (χ2n) is 2.58. The molecule has 4 heteroatoms. The molecule has 0 unspecified atom stereocenters.